The Kier molecular flexibility index (Phi) is 7.07. The average Bonchev–Trinajstić information content (AvgIpc) is 3.34. The number of rotatable bonds is 7. The van der Waals surface area contributed by atoms with Crippen molar-refractivity contribution >= 4 is 17.7 Å². The summed E-state index contributed by atoms with van der Waals surface area (Å²) in [6.07, 6.45) is 4.21. The lowest BCUT2D eigenvalue weighted by Crippen LogP contribution is -2.48. The molecule has 0 saturated carbocycles. The molecule has 3 heterocycles. The van der Waals surface area contributed by atoms with Crippen molar-refractivity contribution in [1.29, 1.82) is 0 Å². The van der Waals surface area contributed by atoms with Crippen LogP contribution in [0.2, 0.25) is 0 Å². The van der Waals surface area contributed by atoms with E-state index in [1.165, 1.54) is 0 Å². The number of hydrogen-bond donors (Lipinski definition) is 2. The van der Waals surface area contributed by atoms with E-state index in [4.69, 9.17) is 4.74 Å². The van der Waals surface area contributed by atoms with E-state index in [1.807, 2.05) is 4.90 Å². The molecule has 0 aliphatic carbocycles. The Hall–Kier alpha value is -1.67. The van der Waals surface area contributed by atoms with Crippen molar-refractivity contribution in [3.05, 3.63) is 0 Å². The molecule has 3 fully saturated rings. The molecule has 3 aliphatic heterocycles. The van der Waals surface area contributed by atoms with Crippen LogP contribution < -0.4 is 10.6 Å². The highest BCUT2D eigenvalue weighted by atomic mass is 16.5. The highest BCUT2D eigenvalue weighted by Crippen LogP contribution is 2.23. The Morgan fingerprint density at radius 2 is 2.11 bits per heavy atom. The molecule has 3 saturated heterocycles. The molecule has 0 spiro atoms. The molecule has 0 aromatic heterocycles. The van der Waals surface area contributed by atoms with Crippen molar-refractivity contribution in [2.45, 2.75) is 38.1 Å². The van der Waals surface area contributed by atoms with Crippen LogP contribution in [0.5, 0.6) is 0 Å². The van der Waals surface area contributed by atoms with Gasteiger partial charge in [0, 0.05) is 46.3 Å². The van der Waals surface area contributed by atoms with Gasteiger partial charge in [0.05, 0.1) is 18.6 Å². The summed E-state index contributed by atoms with van der Waals surface area (Å²) in [6.45, 7) is 4.47. The second-order valence-electron chi connectivity index (χ2n) is 7.92. The van der Waals surface area contributed by atoms with Crippen LogP contribution in [0.4, 0.5) is 0 Å². The number of ether oxygens (including phenoxy) is 1. The van der Waals surface area contributed by atoms with Crippen molar-refractivity contribution < 1.29 is 19.1 Å². The minimum Gasteiger partial charge on any atom is -0.383 e. The van der Waals surface area contributed by atoms with Crippen LogP contribution in [0.1, 0.15) is 32.1 Å². The number of methoxy groups -OCH3 is 1. The highest BCUT2D eigenvalue weighted by Gasteiger charge is 2.37. The summed E-state index contributed by atoms with van der Waals surface area (Å²) < 4.78 is 5.03. The molecule has 8 nitrogen and oxygen atoms in total. The number of carbonyl (C=O) groups is 3. The van der Waals surface area contributed by atoms with E-state index in [-0.39, 0.29) is 35.6 Å². The highest BCUT2D eigenvalue weighted by molar-refractivity contribution is 5.89. The molecular formula is C19H32N4O4. The zero-order valence-corrected chi connectivity index (χ0v) is 16.2. The van der Waals surface area contributed by atoms with Gasteiger partial charge in [-0.1, -0.05) is 0 Å². The van der Waals surface area contributed by atoms with Crippen LogP contribution in [-0.2, 0) is 19.1 Å². The van der Waals surface area contributed by atoms with Crippen LogP contribution in [-0.4, -0.2) is 86.5 Å². The molecule has 152 valence electrons. The van der Waals surface area contributed by atoms with E-state index in [2.05, 4.69) is 10.6 Å². The molecule has 3 rings (SSSR count). The summed E-state index contributed by atoms with van der Waals surface area (Å²) in [7, 11) is 1.61. The van der Waals surface area contributed by atoms with E-state index in [0.717, 1.165) is 38.8 Å². The summed E-state index contributed by atoms with van der Waals surface area (Å²) in [4.78, 5) is 40.8. The third-order valence-corrected chi connectivity index (χ3v) is 5.90. The Morgan fingerprint density at radius 3 is 2.85 bits per heavy atom. The van der Waals surface area contributed by atoms with Gasteiger partial charge in [-0.15, -0.1) is 0 Å². The lowest BCUT2D eigenvalue weighted by atomic mass is 9.96. The van der Waals surface area contributed by atoms with Gasteiger partial charge < -0.3 is 25.2 Å². The predicted octanol–water partition coefficient (Wildman–Crippen LogP) is -0.412. The third-order valence-electron chi connectivity index (χ3n) is 5.90. The first-order valence-corrected chi connectivity index (χ1v) is 10.1. The van der Waals surface area contributed by atoms with Gasteiger partial charge in [0.25, 0.3) is 0 Å². The lowest BCUT2D eigenvalue weighted by molar-refractivity contribution is -0.137. The smallest absolute Gasteiger partial charge is 0.237 e. The van der Waals surface area contributed by atoms with Gasteiger partial charge in [0.2, 0.25) is 17.7 Å². The van der Waals surface area contributed by atoms with Crippen molar-refractivity contribution in [2.24, 2.45) is 11.8 Å². The summed E-state index contributed by atoms with van der Waals surface area (Å²) in [6, 6.07) is -0.0612. The molecule has 3 unspecified atom stereocenters. The fraction of sp³-hybridized carbons (Fsp3) is 0.842. The number of carbonyl (C=O) groups excluding carboxylic acids is 3. The minimum absolute atomic E-state index is 0.0373. The molecule has 0 aromatic carbocycles. The summed E-state index contributed by atoms with van der Waals surface area (Å²) >= 11 is 0. The number of nitrogens with zero attached hydrogens (tertiary/aromatic N) is 2. The van der Waals surface area contributed by atoms with Gasteiger partial charge in [-0.2, -0.15) is 0 Å². The maximum absolute atomic E-state index is 12.9. The van der Waals surface area contributed by atoms with Crippen molar-refractivity contribution in [3.8, 4) is 0 Å². The van der Waals surface area contributed by atoms with Gasteiger partial charge in [0.15, 0.2) is 0 Å². The van der Waals surface area contributed by atoms with Crippen molar-refractivity contribution in [1.82, 2.24) is 20.4 Å². The Balaban J connectivity index is 1.45. The van der Waals surface area contributed by atoms with E-state index >= 15 is 0 Å². The van der Waals surface area contributed by atoms with Crippen LogP contribution >= 0.6 is 0 Å². The maximum Gasteiger partial charge on any atom is 0.237 e. The van der Waals surface area contributed by atoms with Gasteiger partial charge in [-0.05, 0) is 38.1 Å². The quantitative estimate of drug-likeness (QED) is 0.627. The minimum atomic E-state index is -0.245. The van der Waals surface area contributed by atoms with E-state index in [0.29, 0.717) is 39.2 Å². The topological polar surface area (TPSA) is 91.0 Å². The molecule has 3 atom stereocenters. The zero-order valence-electron chi connectivity index (χ0n) is 16.2. The third kappa shape index (κ3) is 5.19. The van der Waals surface area contributed by atoms with Crippen LogP contribution in [0.15, 0.2) is 0 Å². The van der Waals surface area contributed by atoms with Crippen molar-refractivity contribution in [3.63, 3.8) is 0 Å². The normalized spacial score (nSPS) is 28.6. The van der Waals surface area contributed by atoms with Gasteiger partial charge in [-0.25, -0.2) is 0 Å². The Bertz CT molecular complexity index is 550. The van der Waals surface area contributed by atoms with Crippen molar-refractivity contribution in [2.75, 3.05) is 53.0 Å². The molecule has 3 aliphatic rings. The first kappa shape index (κ1) is 20.1. The molecule has 3 amide bonds. The predicted molar refractivity (Wildman–Crippen MR) is 99.9 cm³/mol. The fourth-order valence-corrected chi connectivity index (χ4v) is 4.32. The Morgan fingerprint density at radius 1 is 1.26 bits per heavy atom. The first-order chi connectivity index (χ1) is 13.1. The maximum atomic E-state index is 12.9. The van der Waals surface area contributed by atoms with Crippen LogP contribution in [0, 0.1) is 11.8 Å². The second kappa shape index (κ2) is 9.50. The molecule has 0 aromatic rings. The van der Waals surface area contributed by atoms with Crippen LogP contribution in [0.25, 0.3) is 0 Å². The number of nitrogens with one attached hydrogen (secondary N) is 2. The second-order valence-corrected chi connectivity index (χ2v) is 7.92. The standard InChI is InChI=1S/C19H32N4O4/c1-27-9-8-22-13-15(10-17(22)24)19(26)23-7-3-4-14(12-23)11-21-18(25)16-5-2-6-20-16/h14-16,20H,2-13H2,1H3,(H,21,25). The van der Waals surface area contributed by atoms with E-state index < -0.39 is 0 Å². The number of hydrogen-bond acceptors (Lipinski definition) is 5. The average molecular weight is 380 g/mol. The molecule has 0 radical (unpaired) electrons. The molecule has 2 N–H and O–H groups in total. The molecule has 0 bridgehead atoms. The monoisotopic (exact) mass is 380 g/mol. The molecular weight excluding hydrogens is 348 g/mol. The zero-order chi connectivity index (χ0) is 19.2. The summed E-state index contributed by atoms with van der Waals surface area (Å²) in [5.74, 6) is 0.235. The lowest BCUT2D eigenvalue weighted by Gasteiger charge is -2.34. The number of piperidine rings is 1. The number of likely N-dealkylation sites (tertiary alicyclic amines) is 2. The SMILES string of the molecule is COCCN1CC(C(=O)N2CCCC(CNC(=O)C3CCCN3)C2)CC1=O. The van der Waals surface area contributed by atoms with E-state index in [9.17, 15) is 14.4 Å². The first-order valence-electron chi connectivity index (χ1n) is 10.1. The fourth-order valence-electron chi connectivity index (χ4n) is 4.32. The summed E-state index contributed by atoms with van der Waals surface area (Å²) in [5.41, 5.74) is 0. The van der Waals surface area contributed by atoms with E-state index in [1.54, 1.807) is 12.0 Å². The number of amides is 3. The van der Waals surface area contributed by atoms with Gasteiger partial charge >= 0.3 is 0 Å². The van der Waals surface area contributed by atoms with Gasteiger partial charge in [0.1, 0.15) is 0 Å². The summed E-state index contributed by atoms with van der Waals surface area (Å²) in [5, 5.41) is 6.25. The largest absolute Gasteiger partial charge is 0.383 e. The van der Waals surface area contributed by atoms with Gasteiger partial charge in [-0.3, -0.25) is 14.4 Å². The Labute approximate surface area is 161 Å². The molecule has 8 heteroatoms. The van der Waals surface area contributed by atoms with Crippen LogP contribution in [0.3, 0.4) is 0 Å². The molecule has 27 heavy (non-hydrogen) atoms.